The summed E-state index contributed by atoms with van der Waals surface area (Å²) in [5, 5.41) is 1.09. The number of rotatable bonds is 0. The number of fused-ring (bicyclic) bond motifs is 1. The van der Waals surface area contributed by atoms with Crippen LogP contribution >= 0.6 is 0 Å². The lowest BCUT2D eigenvalue weighted by molar-refractivity contribution is -0.697. The average molecular weight is 207 g/mol. The van der Waals surface area contributed by atoms with Crippen molar-refractivity contribution in [3.05, 3.63) is 40.3 Å². The third kappa shape index (κ3) is 2.03. The van der Waals surface area contributed by atoms with E-state index in [9.17, 15) is 9.70 Å². The molecule has 1 aliphatic heterocycles. The predicted octanol–water partition coefficient (Wildman–Crippen LogP) is 1.99. The van der Waals surface area contributed by atoms with Crippen LogP contribution in [0.3, 0.4) is 0 Å². The lowest BCUT2D eigenvalue weighted by Gasteiger charge is -2.14. The first-order valence-corrected chi connectivity index (χ1v) is 5.00. The molecule has 0 saturated heterocycles. The van der Waals surface area contributed by atoms with Crippen molar-refractivity contribution in [2.75, 3.05) is 7.05 Å². The largest absolute Gasteiger partial charge is 0.312 e. The molecule has 0 radical (unpaired) electrons. The van der Waals surface area contributed by atoms with Crippen molar-refractivity contribution in [1.82, 2.24) is 5.01 Å². The lowest BCUT2D eigenvalue weighted by Crippen LogP contribution is -2.39. The molecule has 1 aromatic rings. The van der Waals surface area contributed by atoms with Crippen LogP contribution in [0.2, 0.25) is 0 Å². The number of hydrogen-bond acceptors (Lipinski definition) is 2. The number of nitrogens with zero attached hydrogens (tertiary/aromatic N) is 2. The second-order valence-corrected chi connectivity index (χ2v) is 3.00. The molecule has 80 valence electrons. The number of carbonyl (C=O) groups is 1. The van der Waals surface area contributed by atoms with Crippen LogP contribution < -0.4 is 0 Å². The molecule has 0 N–H and O–H groups in total. The highest BCUT2D eigenvalue weighted by Gasteiger charge is 2.33. The van der Waals surface area contributed by atoms with Crippen LogP contribution in [0, 0.1) is 4.91 Å². The Hall–Kier alpha value is -1.71. The van der Waals surface area contributed by atoms with Gasteiger partial charge in [-0.05, 0) is 6.07 Å². The van der Waals surface area contributed by atoms with Gasteiger partial charge < -0.3 is 0 Å². The molecule has 1 aliphatic rings. The third-order valence-electron chi connectivity index (χ3n) is 2.18. The zero-order valence-electron chi connectivity index (χ0n) is 9.23. The fourth-order valence-corrected chi connectivity index (χ4v) is 1.39. The van der Waals surface area contributed by atoms with Gasteiger partial charge in [0.05, 0.1) is 17.5 Å². The first-order chi connectivity index (χ1) is 7.20. The summed E-state index contributed by atoms with van der Waals surface area (Å²) < 4.78 is 0. The van der Waals surface area contributed by atoms with Crippen LogP contribution in [0.5, 0.6) is 0 Å². The molecule has 1 amide bonds. The fourth-order valence-electron chi connectivity index (χ4n) is 1.39. The smallest absolute Gasteiger partial charge is 0.263 e. The standard InChI is InChI=1S/C9H9N2O2.C2H6/c1-10-9(12)8-5-3-2-4-7(8)6-11(10)13;1-2/h2-5H,6H2,1H3;1-2H3/q+1;. The van der Waals surface area contributed by atoms with Crippen LogP contribution in [0.25, 0.3) is 0 Å². The van der Waals surface area contributed by atoms with E-state index in [4.69, 9.17) is 0 Å². The van der Waals surface area contributed by atoms with E-state index in [2.05, 4.69) is 0 Å². The Morgan fingerprint density at radius 1 is 1.27 bits per heavy atom. The van der Waals surface area contributed by atoms with Gasteiger partial charge in [0.2, 0.25) is 0 Å². The molecule has 1 heterocycles. The van der Waals surface area contributed by atoms with Gasteiger partial charge in [0.15, 0.2) is 0 Å². The molecule has 2 rings (SSSR count). The Balaban J connectivity index is 0.000000531. The van der Waals surface area contributed by atoms with E-state index in [1.165, 1.54) is 7.05 Å². The molecule has 4 nitrogen and oxygen atoms in total. The molecule has 0 saturated carbocycles. The minimum absolute atomic E-state index is 0.239. The molecular weight excluding hydrogens is 192 g/mol. The van der Waals surface area contributed by atoms with E-state index in [0.717, 1.165) is 10.6 Å². The van der Waals surface area contributed by atoms with Crippen molar-refractivity contribution in [2.45, 2.75) is 20.4 Å². The predicted molar refractivity (Wildman–Crippen MR) is 57.2 cm³/mol. The molecule has 0 atom stereocenters. The van der Waals surface area contributed by atoms with Gasteiger partial charge in [-0.15, -0.1) is 0 Å². The van der Waals surface area contributed by atoms with Gasteiger partial charge in [-0.3, -0.25) is 4.79 Å². The maximum Gasteiger partial charge on any atom is 0.312 e. The van der Waals surface area contributed by atoms with Crippen molar-refractivity contribution in [3.8, 4) is 0 Å². The highest BCUT2D eigenvalue weighted by molar-refractivity contribution is 5.95. The lowest BCUT2D eigenvalue weighted by atomic mass is 10.1. The van der Waals surface area contributed by atoms with Crippen LogP contribution in [0.1, 0.15) is 29.8 Å². The van der Waals surface area contributed by atoms with Crippen molar-refractivity contribution in [3.63, 3.8) is 0 Å². The Labute approximate surface area is 89.1 Å². The summed E-state index contributed by atoms with van der Waals surface area (Å²) in [6, 6.07) is 7.16. The van der Waals surface area contributed by atoms with E-state index >= 15 is 0 Å². The van der Waals surface area contributed by atoms with Gasteiger partial charge in [0, 0.05) is 5.56 Å². The highest BCUT2D eigenvalue weighted by atomic mass is 16.3. The zero-order chi connectivity index (χ0) is 11.4. The van der Waals surface area contributed by atoms with Crippen LogP contribution in [-0.2, 0) is 6.54 Å². The first kappa shape index (κ1) is 11.4. The van der Waals surface area contributed by atoms with Gasteiger partial charge in [0.1, 0.15) is 4.87 Å². The Bertz CT molecular complexity index is 388. The molecule has 15 heavy (non-hydrogen) atoms. The maximum atomic E-state index is 11.5. The third-order valence-corrected chi connectivity index (χ3v) is 2.18. The van der Waals surface area contributed by atoms with Gasteiger partial charge in [-0.25, -0.2) is 0 Å². The molecule has 1 aromatic carbocycles. The van der Waals surface area contributed by atoms with Crippen LogP contribution in [0.15, 0.2) is 24.3 Å². The van der Waals surface area contributed by atoms with Gasteiger partial charge in [-0.1, -0.05) is 37.1 Å². The van der Waals surface area contributed by atoms with E-state index in [0.29, 0.717) is 10.4 Å². The SMILES string of the molecule is CC.CN1C(=O)c2ccccc2C[N+]1=O. The topological polar surface area (TPSA) is 40.4 Å². The Morgan fingerprint density at radius 3 is 2.53 bits per heavy atom. The molecule has 0 fully saturated rings. The number of carbonyl (C=O) groups excluding carboxylic acids is 1. The Kier molecular flexibility index (Phi) is 3.55. The monoisotopic (exact) mass is 207 g/mol. The maximum absolute atomic E-state index is 11.5. The van der Waals surface area contributed by atoms with Gasteiger partial charge >= 0.3 is 5.91 Å². The van der Waals surface area contributed by atoms with E-state index in [-0.39, 0.29) is 12.5 Å². The number of benzene rings is 1. The van der Waals surface area contributed by atoms with E-state index in [1.807, 2.05) is 19.9 Å². The van der Waals surface area contributed by atoms with Gasteiger partial charge in [0.25, 0.3) is 6.54 Å². The van der Waals surface area contributed by atoms with E-state index in [1.54, 1.807) is 18.2 Å². The summed E-state index contributed by atoms with van der Waals surface area (Å²) in [5.41, 5.74) is 1.41. The normalized spacial score (nSPS) is 14.2. The molecule has 4 heteroatoms. The summed E-state index contributed by atoms with van der Waals surface area (Å²) in [5.74, 6) is -0.239. The van der Waals surface area contributed by atoms with Crippen molar-refractivity contribution >= 4 is 5.91 Å². The van der Waals surface area contributed by atoms with Crippen LogP contribution in [-0.4, -0.2) is 22.8 Å². The molecule has 0 aliphatic carbocycles. The van der Waals surface area contributed by atoms with Crippen LogP contribution in [0.4, 0.5) is 0 Å². The van der Waals surface area contributed by atoms with Crippen molar-refractivity contribution in [1.29, 1.82) is 0 Å². The quantitative estimate of drug-likeness (QED) is 0.610. The van der Waals surface area contributed by atoms with Gasteiger partial charge in [-0.2, -0.15) is 0 Å². The molecule has 0 spiro atoms. The molecule has 0 bridgehead atoms. The van der Waals surface area contributed by atoms with E-state index < -0.39 is 0 Å². The molecule has 0 unspecified atom stereocenters. The summed E-state index contributed by atoms with van der Waals surface area (Å²) in [6.45, 7) is 4.25. The van der Waals surface area contributed by atoms with Crippen molar-refractivity contribution in [2.24, 2.45) is 0 Å². The number of hydrazine groups is 1. The number of hydrogen-bond donors (Lipinski definition) is 0. The second kappa shape index (κ2) is 4.68. The second-order valence-electron chi connectivity index (χ2n) is 3.00. The summed E-state index contributed by atoms with van der Waals surface area (Å²) in [6.07, 6.45) is 0. The van der Waals surface area contributed by atoms with Crippen molar-refractivity contribution < 1.29 is 9.66 Å². The Morgan fingerprint density at radius 2 is 1.87 bits per heavy atom. The summed E-state index contributed by atoms with van der Waals surface area (Å²) >= 11 is 0. The number of nitroso groups, excluding NO2 is 1. The summed E-state index contributed by atoms with van der Waals surface area (Å²) in [4.78, 5) is 23.4. The summed E-state index contributed by atoms with van der Waals surface area (Å²) in [7, 11) is 1.48. The number of amides is 1. The minimum atomic E-state index is -0.239. The fraction of sp³-hybridized carbons (Fsp3) is 0.364. The minimum Gasteiger partial charge on any atom is -0.263 e. The average Bonchev–Trinajstić information content (AvgIpc) is 2.29. The molecular formula is C11H15N2O2+. The molecule has 0 aromatic heterocycles. The first-order valence-electron chi connectivity index (χ1n) is 5.00. The zero-order valence-corrected chi connectivity index (χ0v) is 9.23. The highest BCUT2D eigenvalue weighted by Crippen LogP contribution is 2.17.